The van der Waals surface area contributed by atoms with Crippen molar-refractivity contribution in [2.75, 3.05) is 12.3 Å². The number of rotatable bonds is 2. The van der Waals surface area contributed by atoms with E-state index in [-0.39, 0.29) is 9.47 Å². The van der Waals surface area contributed by atoms with Crippen molar-refractivity contribution in [3.05, 3.63) is 35.4 Å². The van der Waals surface area contributed by atoms with Gasteiger partial charge in [0, 0.05) is 13.1 Å². The topological polar surface area (TPSA) is 89.2 Å². The average Bonchev–Trinajstić information content (AvgIpc) is 2.85. The minimum Gasteiger partial charge on any atom is -0.374 e. The number of aromatic nitrogens is 2. The molecule has 8 heteroatoms. The van der Waals surface area contributed by atoms with Crippen LogP contribution in [0.1, 0.15) is 11.1 Å². The minimum absolute atomic E-state index is 0.0376. The van der Waals surface area contributed by atoms with Gasteiger partial charge in [-0.25, -0.2) is 8.42 Å². The fourth-order valence-electron chi connectivity index (χ4n) is 2.11. The molecule has 3 rings (SSSR count). The molecule has 6 nitrogen and oxygen atoms in total. The molecule has 19 heavy (non-hydrogen) atoms. The molecule has 0 saturated carbocycles. The van der Waals surface area contributed by atoms with E-state index in [9.17, 15) is 8.42 Å². The van der Waals surface area contributed by atoms with Crippen molar-refractivity contribution in [1.82, 2.24) is 14.5 Å². The average molecular weight is 296 g/mol. The molecule has 0 unspecified atom stereocenters. The second kappa shape index (κ2) is 4.55. The van der Waals surface area contributed by atoms with Crippen LogP contribution in [0.25, 0.3) is 0 Å². The van der Waals surface area contributed by atoms with Crippen LogP contribution in [-0.2, 0) is 23.0 Å². The van der Waals surface area contributed by atoms with E-state index in [0.29, 0.717) is 19.5 Å². The van der Waals surface area contributed by atoms with E-state index in [1.807, 2.05) is 24.3 Å². The van der Waals surface area contributed by atoms with E-state index in [1.165, 1.54) is 9.87 Å². The Bertz CT molecular complexity index is 711. The van der Waals surface area contributed by atoms with E-state index < -0.39 is 10.0 Å². The first kappa shape index (κ1) is 12.5. The van der Waals surface area contributed by atoms with Gasteiger partial charge in [0.1, 0.15) is 0 Å². The van der Waals surface area contributed by atoms with Gasteiger partial charge in [-0.1, -0.05) is 35.6 Å². The monoisotopic (exact) mass is 296 g/mol. The zero-order chi connectivity index (χ0) is 13.5. The highest BCUT2D eigenvalue weighted by atomic mass is 32.2. The van der Waals surface area contributed by atoms with E-state index >= 15 is 0 Å². The molecule has 0 bridgehead atoms. The van der Waals surface area contributed by atoms with Gasteiger partial charge in [-0.3, -0.25) is 0 Å². The number of nitrogen functional groups attached to an aromatic ring is 1. The van der Waals surface area contributed by atoms with Crippen LogP contribution < -0.4 is 5.73 Å². The summed E-state index contributed by atoms with van der Waals surface area (Å²) in [6, 6.07) is 7.86. The minimum atomic E-state index is -3.59. The molecular weight excluding hydrogens is 284 g/mol. The van der Waals surface area contributed by atoms with Crippen LogP contribution in [0.3, 0.4) is 0 Å². The predicted molar refractivity (Wildman–Crippen MR) is 72.1 cm³/mol. The highest BCUT2D eigenvalue weighted by Crippen LogP contribution is 2.26. The van der Waals surface area contributed by atoms with E-state index in [1.54, 1.807) is 0 Å². The summed E-state index contributed by atoms with van der Waals surface area (Å²) < 4.78 is 26.2. The summed E-state index contributed by atoms with van der Waals surface area (Å²) in [4.78, 5) is 0. The molecule has 2 heterocycles. The molecule has 2 N–H and O–H groups in total. The molecule has 0 aliphatic carbocycles. The first-order valence-corrected chi connectivity index (χ1v) is 7.99. The summed E-state index contributed by atoms with van der Waals surface area (Å²) in [5, 5.41) is 7.36. The normalized spacial score (nSPS) is 16.2. The van der Waals surface area contributed by atoms with Crippen molar-refractivity contribution < 1.29 is 8.42 Å². The van der Waals surface area contributed by atoms with Gasteiger partial charge in [-0.15, -0.1) is 10.2 Å². The molecule has 1 aromatic heterocycles. The van der Waals surface area contributed by atoms with Crippen molar-refractivity contribution in [2.45, 2.75) is 17.3 Å². The molecule has 0 amide bonds. The van der Waals surface area contributed by atoms with Gasteiger partial charge in [-0.05, 0) is 17.5 Å². The molecule has 0 spiro atoms. The maximum absolute atomic E-state index is 12.4. The van der Waals surface area contributed by atoms with Crippen LogP contribution in [-0.4, -0.2) is 29.5 Å². The molecule has 0 fully saturated rings. The maximum atomic E-state index is 12.4. The fraction of sp³-hybridized carbons (Fsp3) is 0.273. The van der Waals surface area contributed by atoms with Crippen molar-refractivity contribution in [3.8, 4) is 0 Å². The molecule has 0 saturated heterocycles. The van der Waals surface area contributed by atoms with Crippen molar-refractivity contribution in [3.63, 3.8) is 0 Å². The van der Waals surface area contributed by atoms with Gasteiger partial charge in [-0.2, -0.15) is 4.31 Å². The summed E-state index contributed by atoms with van der Waals surface area (Å²) in [6.45, 7) is 0.830. The predicted octanol–water partition coefficient (Wildman–Crippen LogP) is 0.867. The summed E-state index contributed by atoms with van der Waals surface area (Å²) in [5.74, 6) is 0. The lowest BCUT2D eigenvalue weighted by Gasteiger charge is -2.26. The zero-order valence-electron chi connectivity index (χ0n) is 9.98. The largest absolute Gasteiger partial charge is 0.374 e. The quantitative estimate of drug-likeness (QED) is 0.888. The Balaban J connectivity index is 1.93. The number of benzene rings is 1. The highest BCUT2D eigenvalue weighted by molar-refractivity contribution is 7.91. The lowest BCUT2D eigenvalue weighted by molar-refractivity contribution is 0.390. The number of hydrogen-bond acceptors (Lipinski definition) is 6. The second-order valence-electron chi connectivity index (χ2n) is 4.26. The van der Waals surface area contributed by atoms with E-state index in [4.69, 9.17) is 5.73 Å². The van der Waals surface area contributed by atoms with Gasteiger partial charge in [0.05, 0.1) is 0 Å². The van der Waals surface area contributed by atoms with Gasteiger partial charge in [0.2, 0.25) is 9.47 Å². The van der Waals surface area contributed by atoms with Crippen molar-refractivity contribution >= 4 is 26.5 Å². The van der Waals surface area contributed by atoms with Crippen LogP contribution in [0.4, 0.5) is 5.13 Å². The number of hydrogen-bond donors (Lipinski definition) is 1. The van der Waals surface area contributed by atoms with Gasteiger partial charge >= 0.3 is 0 Å². The number of fused-ring (bicyclic) bond motifs is 1. The SMILES string of the molecule is Nc1nnc(S(=O)(=O)N2CCc3ccccc3C2)s1. The molecule has 1 aromatic carbocycles. The Hall–Kier alpha value is -1.51. The third-order valence-corrected chi connectivity index (χ3v) is 6.02. The lowest BCUT2D eigenvalue weighted by atomic mass is 10.0. The van der Waals surface area contributed by atoms with Crippen LogP contribution >= 0.6 is 11.3 Å². The second-order valence-corrected chi connectivity index (χ2v) is 7.38. The molecule has 100 valence electrons. The lowest BCUT2D eigenvalue weighted by Crippen LogP contribution is -2.35. The van der Waals surface area contributed by atoms with E-state index in [0.717, 1.165) is 16.9 Å². The maximum Gasteiger partial charge on any atom is 0.272 e. The molecule has 0 atom stereocenters. The van der Waals surface area contributed by atoms with Crippen LogP contribution in [0.15, 0.2) is 28.6 Å². The zero-order valence-corrected chi connectivity index (χ0v) is 11.6. The molecule has 1 aliphatic rings. The first-order chi connectivity index (χ1) is 9.07. The van der Waals surface area contributed by atoms with Gasteiger partial charge in [0.15, 0.2) is 0 Å². The Kier molecular flexibility index (Phi) is 3.00. The summed E-state index contributed by atoms with van der Waals surface area (Å²) in [5.41, 5.74) is 7.68. The van der Waals surface area contributed by atoms with Crippen LogP contribution in [0.5, 0.6) is 0 Å². The molecular formula is C11H12N4O2S2. The fourth-order valence-corrected chi connectivity index (χ4v) is 4.45. The number of sulfonamides is 1. The smallest absolute Gasteiger partial charge is 0.272 e. The number of nitrogens with two attached hydrogens (primary N) is 1. The molecule has 2 aromatic rings. The number of anilines is 1. The Morgan fingerprint density at radius 3 is 2.63 bits per heavy atom. The molecule has 0 radical (unpaired) electrons. The summed E-state index contributed by atoms with van der Waals surface area (Å²) in [6.07, 6.45) is 0.712. The van der Waals surface area contributed by atoms with Gasteiger partial charge in [0.25, 0.3) is 10.0 Å². The Morgan fingerprint density at radius 2 is 1.95 bits per heavy atom. The third kappa shape index (κ3) is 2.22. The van der Waals surface area contributed by atoms with Crippen LogP contribution in [0.2, 0.25) is 0 Å². The Morgan fingerprint density at radius 1 is 1.21 bits per heavy atom. The van der Waals surface area contributed by atoms with Gasteiger partial charge < -0.3 is 5.73 Å². The van der Waals surface area contributed by atoms with Crippen molar-refractivity contribution in [1.29, 1.82) is 0 Å². The van der Waals surface area contributed by atoms with Crippen molar-refractivity contribution in [2.24, 2.45) is 0 Å². The first-order valence-electron chi connectivity index (χ1n) is 5.73. The summed E-state index contributed by atoms with van der Waals surface area (Å²) >= 11 is 0.896. The third-order valence-electron chi connectivity index (χ3n) is 3.08. The summed E-state index contributed by atoms with van der Waals surface area (Å²) in [7, 11) is -3.59. The number of nitrogens with zero attached hydrogens (tertiary/aromatic N) is 3. The molecule has 1 aliphatic heterocycles. The standard InChI is InChI=1S/C11H12N4O2S2/c12-10-13-14-11(18-10)19(16,17)15-6-5-8-3-1-2-4-9(8)7-15/h1-4H,5-7H2,(H2,12,13). The highest BCUT2D eigenvalue weighted by Gasteiger charge is 2.31. The Labute approximate surface area is 114 Å². The van der Waals surface area contributed by atoms with E-state index in [2.05, 4.69) is 10.2 Å². The van der Waals surface area contributed by atoms with Crippen LogP contribution in [0, 0.1) is 0 Å².